The number of fused-ring (bicyclic) bond motifs is 1. The average Bonchev–Trinajstić information content (AvgIpc) is 2.75. The summed E-state index contributed by atoms with van der Waals surface area (Å²) in [6.07, 6.45) is -5.72. The molecule has 0 amide bonds. The number of rotatable bonds is 7. The molecule has 1 aromatic carbocycles. The van der Waals surface area contributed by atoms with E-state index in [2.05, 4.69) is 0 Å². The first-order valence-corrected chi connectivity index (χ1v) is 10.9. The van der Waals surface area contributed by atoms with Crippen LogP contribution in [0.3, 0.4) is 0 Å². The standard InChI is InChI=1S/C24H26O11/c1-12(25)30-11-20-23(32-14(3)27)24(33-15(4)28)22(31-13(2)26)19(34-20)9-16-10-21(29)35-18-8-6-5-7-17(16)18/h5-8,10,19-20,22-24H,9,11H2,1-4H3. The maximum Gasteiger partial charge on any atom is 0.336 e. The van der Waals surface area contributed by atoms with Crippen molar-refractivity contribution in [2.45, 2.75) is 64.6 Å². The van der Waals surface area contributed by atoms with Crippen LogP contribution < -0.4 is 5.63 Å². The number of ether oxygens (including phenoxy) is 5. The molecule has 2 aromatic rings. The zero-order valence-electron chi connectivity index (χ0n) is 19.7. The van der Waals surface area contributed by atoms with Gasteiger partial charge in [-0.3, -0.25) is 19.2 Å². The van der Waals surface area contributed by atoms with Gasteiger partial charge in [-0.2, -0.15) is 0 Å². The normalized spacial score (nSPS) is 23.8. The molecule has 5 unspecified atom stereocenters. The number of carbonyl (C=O) groups excluding carboxylic acids is 4. The van der Waals surface area contributed by atoms with Crippen molar-refractivity contribution in [1.29, 1.82) is 0 Å². The third-order valence-electron chi connectivity index (χ3n) is 5.24. The van der Waals surface area contributed by atoms with Crippen LogP contribution >= 0.6 is 0 Å². The lowest BCUT2D eigenvalue weighted by Crippen LogP contribution is -2.62. The fraction of sp³-hybridized carbons (Fsp3) is 0.458. The van der Waals surface area contributed by atoms with Gasteiger partial charge in [-0.25, -0.2) is 4.79 Å². The van der Waals surface area contributed by atoms with Crippen LogP contribution in [0.25, 0.3) is 11.0 Å². The predicted molar refractivity (Wildman–Crippen MR) is 118 cm³/mol. The Bertz CT molecular complexity index is 1170. The van der Waals surface area contributed by atoms with Crippen LogP contribution in [0.15, 0.2) is 39.5 Å². The van der Waals surface area contributed by atoms with Crippen LogP contribution in [0.1, 0.15) is 33.3 Å². The van der Waals surface area contributed by atoms with Gasteiger partial charge in [-0.15, -0.1) is 0 Å². The summed E-state index contributed by atoms with van der Waals surface area (Å²) in [5, 5.41) is 0.625. The zero-order chi connectivity index (χ0) is 25.7. The molecule has 1 aliphatic heterocycles. The van der Waals surface area contributed by atoms with Crippen LogP contribution in [-0.4, -0.2) is 61.0 Å². The minimum absolute atomic E-state index is 0.0329. The van der Waals surface area contributed by atoms with Crippen LogP contribution in [0.5, 0.6) is 0 Å². The van der Waals surface area contributed by atoms with Gasteiger partial charge >= 0.3 is 29.5 Å². The Morgan fingerprint density at radius 1 is 0.800 bits per heavy atom. The second-order valence-corrected chi connectivity index (χ2v) is 8.03. The highest BCUT2D eigenvalue weighted by Crippen LogP contribution is 2.32. The monoisotopic (exact) mass is 490 g/mol. The van der Waals surface area contributed by atoms with E-state index in [0.29, 0.717) is 16.5 Å². The van der Waals surface area contributed by atoms with E-state index in [9.17, 15) is 24.0 Å². The van der Waals surface area contributed by atoms with E-state index < -0.39 is 60.0 Å². The van der Waals surface area contributed by atoms with Crippen molar-refractivity contribution in [3.8, 4) is 0 Å². The Hall–Kier alpha value is -3.73. The van der Waals surface area contributed by atoms with Gasteiger partial charge < -0.3 is 28.1 Å². The summed E-state index contributed by atoms with van der Waals surface area (Å²) in [6, 6.07) is 8.14. The second kappa shape index (κ2) is 11.1. The van der Waals surface area contributed by atoms with Gasteiger partial charge in [0, 0.05) is 45.6 Å². The molecule has 35 heavy (non-hydrogen) atoms. The number of hydrogen-bond donors (Lipinski definition) is 0. The summed E-state index contributed by atoms with van der Waals surface area (Å²) in [4.78, 5) is 59.4. The summed E-state index contributed by atoms with van der Waals surface area (Å²) in [5.41, 5.74) is 0.280. The maximum atomic E-state index is 12.2. The molecule has 0 saturated carbocycles. The first-order valence-electron chi connectivity index (χ1n) is 10.9. The SMILES string of the molecule is CC(=O)OCC1OC(Cc2cc(=O)oc3ccccc23)C(OC(C)=O)C(OC(C)=O)C1OC(C)=O. The van der Waals surface area contributed by atoms with E-state index in [1.54, 1.807) is 24.3 Å². The summed E-state index contributed by atoms with van der Waals surface area (Å²) in [6.45, 7) is 4.33. The molecular formula is C24H26O11. The molecule has 0 spiro atoms. The molecule has 0 radical (unpaired) electrons. The van der Waals surface area contributed by atoms with E-state index in [1.165, 1.54) is 19.9 Å². The highest BCUT2D eigenvalue weighted by molar-refractivity contribution is 5.80. The second-order valence-electron chi connectivity index (χ2n) is 8.03. The zero-order valence-corrected chi connectivity index (χ0v) is 19.7. The summed E-state index contributed by atoms with van der Waals surface area (Å²) in [7, 11) is 0. The summed E-state index contributed by atoms with van der Waals surface area (Å²) < 4.78 is 32.7. The van der Waals surface area contributed by atoms with Crippen LogP contribution in [-0.2, 0) is 49.3 Å². The molecule has 1 fully saturated rings. The Morgan fingerprint density at radius 3 is 1.97 bits per heavy atom. The molecule has 1 aromatic heterocycles. The summed E-state index contributed by atoms with van der Waals surface area (Å²) in [5.74, 6) is -2.74. The van der Waals surface area contributed by atoms with Gasteiger partial charge in [0.1, 0.15) is 24.4 Å². The molecule has 0 bridgehead atoms. The largest absolute Gasteiger partial charge is 0.463 e. The van der Waals surface area contributed by atoms with Crippen LogP contribution in [0.4, 0.5) is 0 Å². The fourth-order valence-corrected chi connectivity index (χ4v) is 4.05. The Kier molecular flexibility index (Phi) is 8.23. The number of esters is 4. The molecule has 2 heterocycles. The summed E-state index contributed by atoms with van der Waals surface area (Å²) >= 11 is 0. The fourth-order valence-electron chi connectivity index (χ4n) is 4.05. The smallest absolute Gasteiger partial charge is 0.336 e. The first-order chi connectivity index (χ1) is 16.5. The van der Waals surface area contributed by atoms with E-state index in [4.69, 9.17) is 28.1 Å². The molecule has 1 aliphatic rings. The topological polar surface area (TPSA) is 145 Å². The van der Waals surface area contributed by atoms with Crippen molar-refractivity contribution in [2.75, 3.05) is 6.61 Å². The number of para-hydroxylation sites is 1. The van der Waals surface area contributed by atoms with Crippen molar-refractivity contribution in [3.63, 3.8) is 0 Å². The molecule has 188 valence electrons. The molecule has 11 heteroatoms. The van der Waals surface area contributed by atoms with Crippen molar-refractivity contribution in [3.05, 3.63) is 46.3 Å². The van der Waals surface area contributed by atoms with Crippen LogP contribution in [0.2, 0.25) is 0 Å². The Labute approximate surface area is 200 Å². The third-order valence-corrected chi connectivity index (χ3v) is 5.24. The van der Waals surface area contributed by atoms with E-state index in [1.807, 2.05) is 0 Å². The minimum atomic E-state index is -1.27. The van der Waals surface area contributed by atoms with Gasteiger partial charge in [0.25, 0.3) is 0 Å². The van der Waals surface area contributed by atoms with Crippen molar-refractivity contribution in [1.82, 2.24) is 0 Å². The van der Waals surface area contributed by atoms with Crippen molar-refractivity contribution < 1.29 is 47.3 Å². The van der Waals surface area contributed by atoms with E-state index in [-0.39, 0.29) is 13.0 Å². The lowest BCUT2D eigenvalue weighted by molar-refractivity contribution is -0.252. The van der Waals surface area contributed by atoms with Crippen molar-refractivity contribution in [2.24, 2.45) is 0 Å². The predicted octanol–water partition coefficient (Wildman–Crippen LogP) is 1.46. The van der Waals surface area contributed by atoms with Gasteiger partial charge in [0.15, 0.2) is 18.3 Å². The minimum Gasteiger partial charge on any atom is -0.463 e. The molecule has 0 N–H and O–H groups in total. The molecule has 1 saturated heterocycles. The third kappa shape index (κ3) is 6.66. The number of hydrogen-bond acceptors (Lipinski definition) is 11. The molecule has 11 nitrogen and oxygen atoms in total. The molecule has 5 atom stereocenters. The number of benzene rings is 1. The molecule has 3 rings (SSSR count). The van der Waals surface area contributed by atoms with Gasteiger partial charge in [0.2, 0.25) is 0 Å². The Balaban J connectivity index is 2.07. The average molecular weight is 490 g/mol. The quantitative estimate of drug-likeness (QED) is 0.316. The lowest BCUT2D eigenvalue weighted by Gasteiger charge is -2.44. The first kappa shape index (κ1) is 25.9. The van der Waals surface area contributed by atoms with Crippen LogP contribution in [0, 0.1) is 0 Å². The lowest BCUT2D eigenvalue weighted by atomic mass is 9.90. The molecule has 0 aliphatic carbocycles. The molecular weight excluding hydrogens is 464 g/mol. The number of carbonyl (C=O) groups is 4. The van der Waals surface area contributed by atoms with E-state index >= 15 is 0 Å². The Morgan fingerprint density at radius 2 is 1.37 bits per heavy atom. The van der Waals surface area contributed by atoms with Gasteiger partial charge in [0.05, 0.1) is 0 Å². The van der Waals surface area contributed by atoms with Gasteiger partial charge in [-0.05, 0) is 11.6 Å². The maximum absolute atomic E-state index is 12.2. The van der Waals surface area contributed by atoms with Gasteiger partial charge in [-0.1, -0.05) is 18.2 Å². The highest BCUT2D eigenvalue weighted by Gasteiger charge is 2.52. The van der Waals surface area contributed by atoms with E-state index in [0.717, 1.165) is 13.8 Å². The highest BCUT2D eigenvalue weighted by atomic mass is 16.7. The van der Waals surface area contributed by atoms with Crippen molar-refractivity contribution >= 4 is 34.8 Å².